The number of nitrogens with zero attached hydrogens (tertiary/aromatic N) is 2. The van der Waals surface area contributed by atoms with Gasteiger partial charge in [-0.05, 0) is 25.0 Å². The Morgan fingerprint density at radius 2 is 1.80 bits per heavy atom. The van der Waals surface area contributed by atoms with E-state index in [1.165, 1.54) is 8.61 Å². The first-order valence-electron chi connectivity index (χ1n) is 6.56. The Morgan fingerprint density at radius 1 is 1.20 bits per heavy atom. The largest absolute Gasteiger partial charge is 0.481 e. The summed E-state index contributed by atoms with van der Waals surface area (Å²) in [5.41, 5.74) is 0.501. The number of hydrogen-bond donors (Lipinski definition) is 1. The van der Waals surface area contributed by atoms with Crippen LogP contribution in [0.3, 0.4) is 0 Å². The van der Waals surface area contributed by atoms with Gasteiger partial charge in [0.05, 0.1) is 12.1 Å². The molecule has 0 amide bonds. The van der Waals surface area contributed by atoms with Gasteiger partial charge in [-0.1, -0.05) is 18.2 Å². The number of carbonyl (C=O) groups is 1. The lowest BCUT2D eigenvalue weighted by Gasteiger charge is -2.28. The molecular formula is C13H18N2O4S. The SMILES string of the molecule is O=C(O)CCN(c1ccccc1)S(=O)(=O)N1CCCC1. The minimum atomic E-state index is -3.65. The zero-order chi connectivity index (χ0) is 14.6. The molecule has 6 nitrogen and oxygen atoms in total. The molecule has 1 aromatic carbocycles. The Kier molecular flexibility index (Phi) is 4.61. The third kappa shape index (κ3) is 3.29. The molecule has 0 unspecified atom stereocenters. The number of carboxylic acids is 1. The van der Waals surface area contributed by atoms with Gasteiger partial charge in [-0.25, -0.2) is 0 Å². The van der Waals surface area contributed by atoms with Crippen molar-refractivity contribution in [3.8, 4) is 0 Å². The van der Waals surface area contributed by atoms with Gasteiger partial charge < -0.3 is 5.11 Å². The van der Waals surface area contributed by atoms with Crippen molar-refractivity contribution in [3.05, 3.63) is 30.3 Å². The van der Waals surface area contributed by atoms with Crippen LogP contribution >= 0.6 is 0 Å². The normalized spacial score (nSPS) is 16.2. The van der Waals surface area contributed by atoms with E-state index in [1.807, 2.05) is 0 Å². The maximum atomic E-state index is 12.6. The van der Waals surface area contributed by atoms with Crippen LogP contribution in [0.1, 0.15) is 19.3 Å². The molecule has 1 N–H and O–H groups in total. The van der Waals surface area contributed by atoms with E-state index in [-0.39, 0.29) is 13.0 Å². The van der Waals surface area contributed by atoms with Gasteiger partial charge in [0.1, 0.15) is 0 Å². The van der Waals surface area contributed by atoms with Crippen molar-refractivity contribution in [2.24, 2.45) is 0 Å². The first-order valence-corrected chi connectivity index (χ1v) is 7.96. The number of benzene rings is 1. The average Bonchev–Trinajstić information content (AvgIpc) is 2.94. The van der Waals surface area contributed by atoms with Crippen molar-refractivity contribution in [2.45, 2.75) is 19.3 Å². The highest BCUT2D eigenvalue weighted by molar-refractivity contribution is 7.90. The van der Waals surface area contributed by atoms with Crippen LogP contribution in [0.2, 0.25) is 0 Å². The van der Waals surface area contributed by atoms with Gasteiger partial charge in [-0.3, -0.25) is 9.10 Å². The Morgan fingerprint density at radius 3 is 2.35 bits per heavy atom. The van der Waals surface area contributed by atoms with Crippen LogP contribution in [0.5, 0.6) is 0 Å². The Labute approximate surface area is 118 Å². The third-order valence-electron chi connectivity index (χ3n) is 3.24. The maximum Gasteiger partial charge on any atom is 0.305 e. The van der Waals surface area contributed by atoms with Gasteiger partial charge in [0.25, 0.3) is 0 Å². The van der Waals surface area contributed by atoms with Gasteiger partial charge in [0.15, 0.2) is 0 Å². The molecule has 1 saturated heterocycles. The summed E-state index contributed by atoms with van der Waals surface area (Å²) in [7, 11) is -3.65. The van der Waals surface area contributed by atoms with E-state index in [0.29, 0.717) is 18.8 Å². The molecule has 1 aliphatic rings. The summed E-state index contributed by atoms with van der Waals surface area (Å²) >= 11 is 0. The van der Waals surface area contributed by atoms with Crippen molar-refractivity contribution in [1.29, 1.82) is 0 Å². The van der Waals surface area contributed by atoms with Crippen LogP contribution in [-0.2, 0) is 15.0 Å². The lowest BCUT2D eigenvalue weighted by molar-refractivity contribution is -0.136. The molecule has 1 aliphatic heterocycles. The van der Waals surface area contributed by atoms with Crippen LogP contribution in [0.4, 0.5) is 5.69 Å². The van der Waals surface area contributed by atoms with Crippen LogP contribution in [0, 0.1) is 0 Å². The van der Waals surface area contributed by atoms with E-state index in [4.69, 9.17) is 5.11 Å². The summed E-state index contributed by atoms with van der Waals surface area (Å²) in [4.78, 5) is 10.7. The smallest absolute Gasteiger partial charge is 0.305 e. The molecule has 1 fully saturated rings. The van der Waals surface area contributed by atoms with Gasteiger partial charge in [-0.2, -0.15) is 12.7 Å². The molecule has 0 spiro atoms. The van der Waals surface area contributed by atoms with Gasteiger partial charge in [0, 0.05) is 19.6 Å². The number of carboxylic acid groups (broad SMARTS) is 1. The molecule has 1 heterocycles. The number of para-hydroxylation sites is 1. The lowest BCUT2D eigenvalue weighted by atomic mass is 10.3. The monoisotopic (exact) mass is 298 g/mol. The van der Waals surface area contributed by atoms with Gasteiger partial charge in [-0.15, -0.1) is 0 Å². The predicted molar refractivity (Wildman–Crippen MR) is 75.8 cm³/mol. The zero-order valence-corrected chi connectivity index (χ0v) is 11.9. The number of aliphatic carboxylic acids is 1. The second-order valence-corrected chi connectivity index (χ2v) is 6.52. The summed E-state index contributed by atoms with van der Waals surface area (Å²) < 4.78 is 27.8. The van der Waals surface area contributed by atoms with Crippen LogP contribution < -0.4 is 4.31 Å². The highest BCUT2D eigenvalue weighted by Crippen LogP contribution is 2.23. The first kappa shape index (κ1) is 14.8. The predicted octanol–water partition coefficient (Wildman–Crippen LogP) is 1.31. The molecular weight excluding hydrogens is 280 g/mol. The molecule has 0 bridgehead atoms. The second-order valence-electron chi connectivity index (χ2n) is 4.67. The van der Waals surface area contributed by atoms with E-state index >= 15 is 0 Å². The molecule has 110 valence electrons. The van der Waals surface area contributed by atoms with Crippen LogP contribution in [-0.4, -0.2) is 43.4 Å². The van der Waals surface area contributed by atoms with E-state index in [0.717, 1.165) is 12.8 Å². The van der Waals surface area contributed by atoms with Crippen LogP contribution in [0.15, 0.2) is 30.3 Å². The fraction of sp³-hybridized carbons (Fsp3) is 0.462. The summed E-state index contributed by atoms with van der Waals surface area (Å²) in [6, 6.07) is 8.62. The van der Waals surface area contributed by atoms with E-state index in [2.05, 4.69) is 0 Å². The minimum Gasteiger partial charge on any atom is -0.481 e. The molecule has 0 saturated carbocycles. The minimum absolute atomic E-state index is 0.0574. The van der Waals surface area contributed by atoms with E-state index in [1.54, 1.807) is 30.3 Å². The van der Waals surface area contributed by atoms with Crippen molar-refractivity contribution in [2.75, 3.05) is 23.9 Å². The fourth-order valence-corrected chi connectivity index (χ4v) is 3.94. The molecule has 20 heavy (non-hydrogen) atoms. The van der Waals surface area contributed by atoms with Crippen molar-refractivity contribution < 1.29 is 18.3 Å². The Bertz CT molecular complexity index is 553. The van der Waals surface area contributed by atoms with Crippen molar-refractivity contribution in [1.82, 2.24) is 4.31 Å². The second kappa shape index (κ2) is 6.23. The standard InChI is InChI=1S/C13H18N2O4S/c16-13(17)8-11-15(12-6-2-1-3-7-12)20(18,19)14-9-4-5-10-14/h1-3,6-7H,4-5,8-11H2,(H,16,17). The summed E-state index contributed by atoms with van der Waals surface area (Å²) in [6.45, 7) is 0.940. The summed E-state index contributed by atoms with van der Waals surface area (Å²) in [5, 5.41) is 8.81. The summed E-state index contributed by atoms with van der Waals surface area (Å²) in [5.74, 6) is -1.01. The van der Waals surface area contributed by atoms with Crippen molar-refractivity contribution >= 4 is 21.9 Å². The average molecular weight is 298 g/mol. The number of hydrogen-bond acceptors (Lipinski definition) is 3. The lowest BCUT2D eigenvalue weighted by Crippen LogP contribution is -2.43. The first-order chi connectivity index (χ1) is 9.51. The van der Waals surface area contributed by atoms with E-state index in [9.17, 15) is 13.2 Å². The molecule has 0 radical (unpaired) electrons. The topological polar surface area (TPSA) is 77.9 Å². The Balaban J connectivity index is 2.28. The number of anilines is 1. The fourth-order valence-electron chi connectivity index (χ4n) is 2.23. The van der Waals surface area contributed by atoms with E-state index < -0.39 is 16.2 Å². The van der Waals surface area contributed by atoms with Crippen LogP contribution in [0.25, 0.3) is 0 Å². The third-order valence-corrected chi connectivity index (χ3v) is 5.21. The molecule has 0 atom stereocenters. The summed E-state index contributed by atoms with van der Waals surface area (Å²) in [6.07, 6.45) is 1.48. The quantitative estimate of drug-likeness (QED) is 0.859. The number of rotatable bonds is 6. The highest BCUT2D eigenvalue weighted by Gasteiger charge is 2.32. The van der Waals surface area contributed by atoms with Gasteiger partial charge >= 0.3 is 16.2 Å². The Hall–Kier alpha value is -1.60. The molecule has 0 aromatic heterocycles. The molecule has 2 rings (SSSR count). The molecule has 7 heteroatoms. The van der Waals surface area contributed by atoms with Crippen molar-refractivity contribution in [3.63, 3.8) is 0 Å². The zero-order valence-electron chi connectivity index (χ0n) is 11.1. The van der Waals surface area contributed by atoms with Gasteiger partial charge in [0.2, 0.25) is 0 Å². The molecule has 0 aliphatic carbocycles. The highest BCUT2D eigenvalue weighted by atomic mass is 32.2. The molecule has 1 aromatic rings. The maximum absolute atomic E-state index is 12.6.